The van der Waals surface area contributed by atoms with E-state index in [2.05, 4.69) is 25.2 Å². The summed E-state index contributed by atoms with van der Waals surface area (Å²) in [7, 11) is 0. The lowest BCUT2D eigenvalue weighted by molar-refractivity contribution is 0.0928. The van der Waals surface area contributed by atoms with Crippen molar-refractivity contribution in [2.75, 3.05) is 24.6 Å². The molecule has 2 aromatic heterocycles. The first-order chi connectivity index (χ1) is 11.8. The third-order valence-electron chi connectivity index (χ3n) is 3.89. The minimum absolute atomic E-state index is 0.0461. The molecule has 1 saturated heterocycles. The molecule has 1 aliphatic heterocycles. The molecule has 1 aliphatic rings. The standard InChI is InChI=1S/C17H21N5O2/c1-2-24-16-14(7-3-8-18-16)15(23)21-13-6-4-11-22(12-13)17-19-9-5-10-20-17/h3,5,7-10,13H,2,4,6,11-12H2,1H3,(H,21,23)/t13-/m1/s1. The lowest BCUT2D eigenvalue weighted by Crippen LogP contribution is -2.48. The number of anilines is 1. The molecule has 1 amide bonds. The van der Waals surface area contributed by atoms with E-state index in [1.54, 1.807) is 36.8 Å². The molecule has 0 radical (unpaired) electrons. The highest BCUT2D eigenvalue weighted by Gasteiger charge is 2.24. The number of nitrogens with one attached hydrogen (secondary N) is 1. The van der Waals surface area contributed by atoms with Crippen LogP contribution in [-0.2, 0) is 0 Å². The highest BCUT2D eigenvalue weighted by Crippen LogP contribution is 2.18. The van der Waals surface area contributed by atoms with Gasteiger partial charge in [-0.1, -0.05) is 0 Å². The van der Waals surface area contributed by atoms with E-state index >= 15 is 0 Å². The molecule has 7 heteroatoms. The summed E-state index contributed by atoms with van der Waals surface area (Å²) in [5.74, 6) is 0.914. The second-order valence-electron chi connectivity index (χ2n) is 5.60. The fourth-order valence-electron chi connectivity index (χ4n) is 2.81. The number of ether oxygens (including phenoxy) is 1. The topological polar surface area (TPSA) is 80.2 Å². The highest BCUT2D eigenvalue weighted by atomic mass is 16.5. The zero-order valence-electron chi connectivity index (χ0n) is 13.7. The van der Waals surface area contributed by atoms with Gasteiger partial charge in [0.25, 0.3) is 5.91 Å². The van der Waals surface area contributed by atoms with Crippen molar-refractivity contribution in [3.8, 4) is 5.88 Å². The van der Waals surface area contributed by atoms with E-state index in [-0.39, 0.29) is 11.9 Å². The van der Waals surface area contributed by atoms with E-state index in [9.17, 15) is 4.79 Å². The molecule has 1 N–H and O–H groups in total. The Bertz CT molecular complexity index is 680. The first-order valence-electron chi connectivity index (χ1n) is 8.18. The van der Waals surface area contributed by atoms with Gasteiger partial charge >= 0.3 is 0 Å². The van der Waals surface area contributed by atoms with Crippen LogP contribution in [0.15, 0.2) is 36.8 Å². The van der Waals surface area contributed by atoms with E-state index < -0.39 is 0 Å². The quantitative estimate of drug-likeness (QED) is 0.900. The maximum absolute atomic E-state index is 12.6. The average molecular weight is 327 g/mol. The second-order valence-corrected chi connectivity index (χ2v) is 5.60. The molecule has 3 heterocycles. The molecule has 0 spiro atoms. The van der Waals surface area contributed by atoms with Crippen LogP contribution in [0.5, 0.6) is 5.88 Å². The van der Waals surface area contributed by atoms with Gasteiger partial charge in [-0.15, -0.1) is 0 Å². The molecule has 1 atom stereocenters. The van der Waals surface area contributed by atoms with Crippen LogP contribution in [-0.4, -0.2) is 46.6 Å². The zero-order chi connectivity index (χ0) is 16.8. The Morgan fingerprint density at radius 3 is 2.88 bits per heavy atom. The van der Waals surface area contributed by atoms with Gasteiger partial charge in [0.15, 0.2) is 0 Å². The van der Waals surface area contributed by atoms with Crippen LogP contribution in [0.3, 0.4) is 0 Å². The van der Waals surface area contributed by atoms with Crippen LogP contribution in [0.2, 0.25) is 0 Å². The Morgan fingerprint density at radius 1 is 1.29 bits per heavy atom. The Morgan fingerprint density at radius 2 is 2.08 bits per heavy atom. The van der Waals surface area contributed by atoms with Crippen LogP contribution in [0.25, 0.3) is 0 Å². The lowest BCUT2D eigenvalue weighted by Gasteiger charge is -2.33. The number of piperidine rings is 1. The van der Waals surface area contributed by atoms with Gasteiger partial charge in [-0.25, -0.2) is 15.0 Å². The summed E-state index contributed by atoms with van der Waals surface area (Å²) in [5, 5.41) is 3.08. The van der Waals surface area contributed by atoms with Crippen LogP contribution in [0, 0.1) is 0 Å². The first-order valence-corrected chi connectivity index (χ1v) is 8.18. The Labute approximate surface area is 141 Å². The van der Waals surface area contributed by atoms with Gasteiger partial charge in [-0.2, -0.15) is 0 Å². The van der Waals surface area contributed by atoms with Crippen LogP contribution >= 0.6 is 0 Å². The Hall–Kier alpha value is -2.70. The maximum atomic E-state index is 12.6. The molecule has 2 aromatic rings. The summed E-state index contributed by atoms with van der Waals surface area (Å²) < 4.78 is 5.44. The number of rotatable bonds is 5. The van der Waals surface area contributed by atoms with Gasteiger partial charge in [-0.3, -0.25) is 4.79 Å². The van der Waals surface area contributed by atoms with E-state index in [1.165, 1.54) is 0 Å². The molecule has 0 unspecified atom stereocenters. The minimum atomic E-state index is -0.160. The molecule has 0 bridgehead atoms. The average Bonchev–Trinajstić information content (AvgIpc) is 2.63. The van der Waals surface area contributed by atoms with Crippen molar-refractivity contribution < 1.29 is 9.53 Å². The van der Waals surface area contributed by atoms with Crippen molar-refractivity contribution in [3.63, 3.8) is 0 Å². The molecule has 0 aromatic carbocycles. The monoisotopic (exact) mass is 327 g/mol. The van der Waals surface area contributed by atoms with Crippen molar-refractivity contribution in [2.45, 2.75) is 25.8 Å². The fraction of sp³-hybridized carbons (Fsp3) is 0.412. The normalized spacial score (nSPS) is 17.4. The number of nitrogens with zero attached hydrogens (tertiary/aromatic N) is 4. The van der Waals surface area contributed by atoms with Gasteiger partial charge in [0, 0.05) is 37.7 Å². The lowest BCUT2D eigenvalue weighted by atomic mass is 10.1. The Kier molecular flexibility index (Phi) is 5.20. The number of hydrogen-bond acceptors (Lipinski definition) is 6. The highest BCUT2D eigenvalue weighted by molar-refractivity contribution is 5.96. The smallest absolute Gasteiger partial charge is 0.257 e. The minimum Gasteiger partial charge on any atom is -0.477 e. The van der Waals surface area contributed by atoms with Crippen molar-refractivity contribution in [1.82, 2.24) is 20.3 Å². The van der Waals surface area contributed by atoms with E-state index in [0.717, 1.165) is 19.4 Å². The molecule has 1 fully saturated rings. The number of pyridine rings is 1. The molecule has 24 heavy (non-hydrogen) atoms. The summed E-state index contributed by atoms with van der Waals surface area (Å²) in [4.78, 5) is 27.4. The molecule has 126 valence electrons. The number of amides is 1. The number of hydrogen-bond donors (Lipinski definition) is 1. The maximum Gasteiger partial charge on any atom is 0.257 e. The van der Waals surface area contributed by atoms with Crippen molar-refractivity contribution in [2.24, 2.45) is 0 Å². The summed E-state index contributed by atoms with van der Waals surface area (Å²) in [5.41, 5.74) is 0.465. The van der Waals surface area contributed by atoms with Crippen LogP contribution in [0.1, 0.15) is 30.1 Å². The van der Waals surface area contributed by atoms with Gasteiger partial charge < -0.3 is 15.0 Å². The third kappa shape index (κ3) is 3.79. The summed E-state index contributed by atoms with van der Waals surface area (Å²) in [6.07, 6.45) is 6.99. The summed E-state index contributed by atoms with van der Waals surface area (Å²) >= 11 is 0. The van der Waals surface area contributed by atoms with Crippen molar-refractivity contribution >= 4 is 11.9 Å². The zero-order valence-corrected chi connectivity index (χ0v) is 13.7. The Balaban J connectivity index is 1.66. The van der Waals surface area contributed by atoms with Gasteiger partial charge in [0.05, 0.1) is 6.61 Å². The number of carbonyl (C=O) groups excluding carboxylic acids is 1. The third-order valence-corrected chi connectivity index (χ3v) is 3.89. The SMILES string of the molecule is CCOc1ncccc1C(=O)N[C@@H]1CCCN(c2ncccn2)C1. The summed E-state index contributed by atoms with van der Waals surface area (Å²) in [6.45, 7) is 3.93. The molecular formula is C17H21N5O2. The van der Waals surface area contributed by atoms with Crippen LogP contribution in [0.4, 0.5) is 5.95 Å². The molecular weight excluding hydrogens is 306 g/mol. The van der Waals surface area contributed by atoms with Gasteiger partial charge in [-0.05, 0) is 38.0 Å². The molecule has 0 saturated carbocycles. The largest absolute Gasteiger partial charge is 0.477 e. The van der Waals surface area contributed by atoms with Gasteiger partial charge in [0.2, 0.25) is 11.8 Å². The molecule has 7 nitrogen and oxygen atoms in total. The summed E-state index contributed by atoms with van der Waals surface area (Å²) in [6, 6.07) is 5.31. The first kappa shape index (κ1) is 16.2. The predicted molar refractivity (Wildman–Crippen MR) is 90.1 cm³/mol. The number of aromatic nitrogens is 3. The van der Waals surface area contributed by atoms with Gasteiger partial charge in [0.1, 0.15) is 5.56 Å². The predicted octanol–water partition coefficient (Wildman–Crippen LogP) is 1.67. The van der Waals surface area contributed by atoms with Crippen molar-refractivity contribution in [3.05, 3.63) is 42.4 Å². The molecule has 0 aliphatic carbocycles. The van der Waals surface area contributed by atoms with E-state index in [4.69, 9.17) is 4.74 Å². The van der Waals surface area contributed by atoms with Crippen molar-refractivity contribution in [1.29, 1.82) is 0 Å². The van der Waals surface area contributed by atoms with Crippen LogP contribution < -0.4 is 15.0 Å². The fourth-order valence-corrected chi connectivity index (χ4v) is 2.81. The van der Waals surface area contributed by atoms with E-state index in [1.807, 2.05) is 6.92 Å². The number of carbonyl (C=O) groups is 1. The van der Waals surface area contributed by atoms with E-state index in [0.29, 0.717) is 30.5 Å². The second kappa shape index (κ2) is 7.72. The molecule has 3 rings (SSSR count).